The number of rotatable bonds is 7. The van der Waals surface area contributed by atoms with Crippen molar-refractivity contribution in [2.75, 3.05) is 19.7 Å². The normalized spacial score (nSPS) is 21.1. The van der Waals surface area contributed by atoms with Crippen LogP contribution in [0.5, 0.6) is 0 Å². The molecule has 1 aliphatic rings. The van der Waals surface area contributed by atoms with E-state index in [0.717, 1.165) is 25.9 Å². The first-order chi connectivity index (χ1) is 8.13. The zero-order valence-corrected chi connectivity index (χ0v) is 9.82. The van der Waals surface area contributed by atoms with Crippen molar-refractivity contribution in [3.05, 3.63) is 0 Å². The maximum absolute atomic E-state index is 11.5. The van der Waals surface area contributed by atoms with Crippen molar-refractivity contribution in [2.24, 2.45) is 5.92 Å². The van der Waals surface area contributed by atoms with Crippen LogP contribution in [0.3, 0.4) is 0 Å². The fraction of sp³-hybridized carbons (Fsp3) is 0.818. The number of carboxylic acids is 1. The maximum Gasteiger partial charge on any atom is 0.326 e. The molecule has 0 aromatic carbocycles. The Hall–Kier alpha value is -1.14. The summed E-state index contributed by atoms with van der Waals surface area (Å²) in [6.07, 6.45) is 2.25. The third-order valence-electron chi connectivity index (χ3n) is 2.99. The lowest BCUT2D eigenvalue weighted by molar-refractivity contribution is -0.142. The number of aliphatic hydroxyl groups is 1. The molecule has 0 aromatic rings. The highest BCUT2D eigenvalue weighted by Crippen LogP contribution is 2.14. The lowest BCUT2D eigenvalue weighted by atomic mass is 10.0. The number of aliphatic carboxylic acids is 1. The van der Waals surface area contributed by atoms with E-state index < -0.39 is 12.0 Å². The lowest BCUT2D eigenvalue weighted by Gasteiger charge is -2.14. The molecule has 0 aliphatic carbocycles. The van der Waals surface area contributed by atoms with Crippen LogP contribution < -0.4 is 10.6 Å². The maximum atomic E-state index is 11.5. The van der Waals surface area contributed by atoms with Gasteiger partial charge in [-0.25, -0.2) is 4.79 Å². The van der Waals surface area contributed by atoms with Crippen molar-refractivity contribution in [3.63, 3.8) is 0 Å². The molecule has 1 saturated heterocycles. The Balaban J connectivity index is 2.23. The smallest absolute Gasteiger partial charge is 0.326 e. The lowest BCUT2D eigenvalue weighted by Crippen LogP contribution is -2.41. The average Bonchev–Trinajstić information content (AvgIpc) is 2.78. The number of carbonyl (C=O) groups is 2. The van der Waals surface area contributed by atoms with Crippen LogP contribution in [-0.2, 0) is 9.59 Å². The third kappa shape index (κ3) is 5.14. The van der Waals surface area contributed by atoms with Gasteiger partial charge in [0.1, 0.15) is 6.04 Å². The summed E-state index contributed by atoms with van der Waals surface area (Å²) in [5.41, 5.74) is 0. The molecule has 1 heterocycles. The number of hydrogen-bond donors (Lipinski definition) is 4. The number of hydrogen-bond acceptors (Lipinski definition) is 4. The van der Waals surface area contributed by atoms with E-state index in [-0.39, 0.29) is 18.9 Å². The van der Waals surface area contributed by atoms with Gasteiger partial charge in [-0.05, 0) is 31.8 Å². The zero-order valence-electron chi connectivity index (χ0n) is 9.82. The van der Waals surface area contributed by atoms with E-state index in [4.69, 9.17) is 10.2 Å². The first kappa shape index (κ1) is 13.9. The van der Waals surface area contributed by atoms with Crippen molar-refractivity contribution in [3.8, 4) is 0 Å². The Bertz CT molecular complexity index is 264. The molecule has 1 aliphatic heterocycles. The van der Waals surface area contributed by atoms with Gasteiger partial charge in [0.15, 0.2) is 0 Å². The van der Waals surface area contributed by atoms with Crippen LogP contribution in [0.15, 0.2) is 0 Å². The molecular formula is C11H20N2O4. The summed E-state index contributed by atoms with van der Waals surface area (Å²) in [6.45, 7) is 1.69. The number of nitrogens with one attached hydrogen (secondary N) is 2. The molecule has 2 atom stereocenters. The van der Waals surface area contributed by atoms with Crippen LogP contribution in [0.25, 0.3) is 0 Å². The Kier molecular flexibility index (Phi) is 5.93. The van der Waals surface area contributed by atoms with Crippen molar-refractivity contribution >= 4 is 11.9 Å². The second-order valence-electron chi connectivity index (χ2n) is 4.37. The summed E-state index contributed by atoms with van der Waals surface area (Å²) in [4.78, 5) is 22.3. The standard InChI is InChI=1S/C11H20N2O4/c14-6-4-9(11(16)17)13-10(15)2-1-8-3-5-12-7-8/h8-9,12,14H,1-7H2,(H,13,15)(H,16,17). The Morgan fingerprint density at radius 1 is 1.47 bits per heavy atom. The molecule has 0 radical (unpaired) electrons. The number of carbonyl (C=O) groups excluding carboxylic acids is 1. The van der Waals surface area contributed by atoms with E-state index in [1.165, 1.54) is 0 Å². The molecule has 0 bridgehead atoms. The Morgan fingerprint density at radius 3 is 2.76 bits per heavy atom. The molecule has 6 heteroatoms. The van der Waals surface area contributed by atoms with Crippen LogP contribution in [0.4, 0.5) is 0 Å². The van der Waals surface area contributed by atoms with Crippen molar-refractivity contribution in [2.45, 2.75) is 31.7 Å². The topological polar surface area (TPSA) is 98.7 Å². The minimum Gasteiger partial charge on any atom is -0.480 e. The van der Waals surface area contributed by atoms with Gasteiger partial charge in [-0.1, -0.05) is 0 Å². The van der Waals surface area contributed by atoms with Crippen LogP contribution in [-0.4, -0.2) is 47.8 Å². The summed E-state index contributed by atoms with van der Waals surface area (Å²) in [6, 6.07) is -0.978. The molecule has 17 heavy (non-hydrogen) atoms. The van der Waals surface area contributed by atoms with Crippen LogP contribution in [0, 0.1) is 5.92 Å². The van der Waals surface area contributed by atoms with Gasteiger partial charge in [0.05, 0.1) is 0 Å². The summed E-state index contributed by atoms with van der Waals surface area (Å²) in [7, 11) is 0. The van der Waals surface area contributed by atoms with Crippen molar-refractivity contribution in [1.29, 1.82) is 0 Å². The Morgan fingerprint density at radius 2 is 2.24 bits per heavy atom. The van der Waals surface area contributed by atoms with Gasteiger partial charge >= 0.3 is 5.97 Å². The fourth-order valence-corrected chi connectivity index (χ4v) is 1.95. The molecule has 1 amide bonds. The molecular weight excluding hydrogens is 224 g/mol. The minimum absolute atomic E-state index is 0.0477. The quantitative estimate of drug-likeness (QED) is 0.476. The van der Waals surface area contributed by atoms with E-state index in [1.807, 2.05) is 0 Å². The van der Waals surface area contributed by atoms with Crippen LogP contribution in [0.1, 0.15) is 25.7 Å². The first-order valence-electron chi connectivity index (χ1n) is 5.97. The molecule has 4 N–H and O–H groups in total. The highest BCUT2D eigenvalue weighted by atomic mass is 16.4. The van der Waals surface area contributed by atoms with E-state index in [0.29, 0.717) is 12.3 Å². The Labute approximate surface area is 100 Å². The largest absolute Gasteiger partial charge is 0.480 e. The van der Waals surface area contributed by atoms with E-state index in [1.54, 1.807) is 0 Å². The average molecular weight is 244 g/mol. The molecule has 1 fully saturated rings. The second kappa shape index (κ2) is 7.24. The summed E-state index contributed by atoms with van der Waals surface area (Å²) < 4.78 is 0. The number of carboxylic acid groups (broad SMARTS) is 1. The molecule has 0 aromatic heterocycles. The summed E-state index contributed by atoms with van der Waals surface area (Å²) in [5.74, 6) is -0.838. The predicted molar refractivity (Wildman–Crippen MR) is 61.5 cm³/mol. The molecule has 0 saturated carbocycles. The van der Waals surface area contributed by atoms with E-state index >= 15 is 0 Å². The van der Waals surface area contributed by atoms with E-state index in [2.05, 4.69) is 10.6 Å². The highest BCUT2D eigenvalue weighted by Gasteiger charge is 2.20. The highest BCUT2D eigenvalue weighted by molar-refractivity contribution is 5.83. The zero-order chi connectivity index (χ0) is 12.7. The molecule has 2 unspecified atom stereocenters. The third-order valence-corrected chi connectivity index (χ3v) is 2.99. The van der Waals surface area contributed by atoms with Crippen molar-refractivity contribution in [1.82, 2.24) is 10.6 Å². The van der Waals surface area contributed by atoms with Crippen LogP contribution >= 0.6 is 0 Å². The minimum atomic E-state index is -1.10. The number of amides is 1. The molecule has 98 valence electrons. The van der Waals surface area contributed by atoms with Gasteiger partial charge < -0.3 is 20.8 Å². The van der Waals surface area contributed by atoms with E-state index in [9.17, 15) is 9.59 Å². The van der Waals surface area contributed by atoms with Crippen molar-refractivity contribution < 1.29 is 19.8 Å². The molecule has 0 spiro atoms. The van der Waals surface area contributed by atoms with Crippen LogP contribution in [0.2, 0.25) is 0 Å². The first-order valence-corrected chi connectivity index (χ1v) is 5.97. The molecule has 6 nitrogen and oxygen atoms in total. The second-order valence-corrected chi connectivity index (χ2v) is 4.37. The summed E-state index contributed by atoms with van der Waals surface area (Å²) >= 11 is 0. The number of aliphatic hydroxyl groups excluding tert-OH is 1. The van der Waals surface area contributed by atoms with Gasteiger partial charge in [0.25, 0.3) is 0 Å². The molecule has 1 rings (SSSR count). The SMILES string of the molecule is O=C(CCC1CCNC1)NC(CCO)C(=O)O. The monoisotopic (exact) mass is 244 g/mol. The van der Waals surface area contributed by atoms with Gasteiger partial charge in [0.2, 0.25) is 5.91 Å². The van der Waals surface area contributed by atoms with Gasteiger partial charge in [0, 0.05) is 19.4 Å². The van der Waals surface area contributed by atoms with Gasteiger partial charge in [-0.15, -0.1) is 0 Å². The fourth-order valence-electron chi connectivity index (χ4n) is 1.95. The summed E-state index contributed by atoms with van der Waals surface area (Å²) in [5, 5.41) is 23.1. The van der Waals surface area contributed by atoms with Gasteiger partial charge in [-0.3, -0.25) is 4.79 Å². The van der Waals surface area contributed by atoms with Gasteiger partial charge in [-0.2, -0.15) is 0 Å². The predicted octanol–water partition coefficient (Wildman–Crippen LogP) is -0.672.